The van der Waals surface area contributed by atoms with E-state index < -0.39 is 0 Å². The fourth-order valence-corrected chi connectivity index (χ4v) is 4.37. The Bertz CT molecular complexity index is 1230. The van der Waals surface area contributed by atoms with E-state index in [1.807, 2.05) is 78.3 Å². The summed E-state index contributed by atoms with van der Waals surface area (Å²) in [6.07, 6.45) is 4.45. The van der Waals surface area contributed by atoms with Crippen LogP contribution < -0.4 is 10.1 Å². The summed E-state index contributed by atoms with van der Waals surface area (Å²) in [5.41, 5.74) is 4.54. The molecule has 0 unspecified atom stereocenters. The van der Waals surface area contributed by atoms with Gasteiger partial charge in [-0.25, -0.2) is 4.68 Å². The van der Waals surface area contributed by atoms with Gasteiger partial charge < -0.3 is 10.1 Å². The van der Waals surface area contributed by atoms with Crippen LogP contribution in [0.2, 0.25) is 0 Å². The molecule has 2 heterocycles. The molecule has 2 aromatic heterocycles. The van der Waals surface area contributed by atoms with Gasteiger partial charge in [-0.1, -0.05) is 61.4 Å². The average Bonchev–Trinajstić information content (AvgIpc) is 3.47. The summed E-state index contributed by atoms with van der Waals surface area (Å²) in [7, 11) is 0. The maximum atomic E-state index is 12.3. The Morgan fingerprint density at radius 1 is 1.06 bits per heavy atom. The normalized spacial score (nSPS) is 14.0. The number of benzene rings is 2. The minimum absolute atomic E-state index is 0.0422. The molecule has 0 atom stereocenters. The van der Waals surface area contributed by atoms with Crippen molar-refractivity contribution in [1.29, 1.82) is 0 Å². The first kappa shape index (κ1) is 20.2. The third-order valence-electron chi connectivity index (χ3n) is 5.93. The van der Waals surface area contributed by atoms with Crippen LogP contribution in [0, 0.1) is 6.92 Å². The molecule has 2 aromatic carbocycles. The van der Waals surface area contributed by atoms with Crippen LogP contribution in [0.15, 0.2) is 66.7 Å². The summed E-state index contributed by atoms with van der Waals surface area (Å²) < 4.78 is 7.65. The van der Waals surface area contributed by atoms with Gasteiger partial charge >= 0.3 is 0 Å². The Hall–Kier alpha value is -3.67. The highest BCUT2D eigenvalue weighted by molar-refractivity contribution is 5.95. The van der Waals surface area contributed by atoms with Crippen LogP contribution in [0.1, 0.15) is 31.2 Å². The van der Waals surface area contributed by atoms with Crippen molar-refractivity contribution < 1.29 is 9.53 Å². The molecule has 1 fully saturated rings. The highest BCUT2D eigenvalue weighted by Gasteiger charge is 2.20. The average molecular weight is 427 g/mol. The van der Waals surface area contributed by atoms with Crippen molar-refractivity contribution in [2.45, 2.75) is 38.6 Å². The third kappa shape index (κ3) is 4.08. The van der Waals surface area contributed by atoms with Crippen molar-refractivity contribution in [3.8, 4) is 22.8 Å². The molecule has 4 aromatic rings. The lowest BCUT2D eigenvalue weighted by Crippen LogP contribution is -2.36. The quantitative estimate of drug-likeness (QED) is 0.479. The monoisotopic (exact) mass is 426 g/mol. The van der Waals surface area contributed by atoms with Crippen LogP contribution in [0.4, 0.5) is 0 Å². The van der Waals surface area contributed by atoms with E-state index >= 15 is 0 Å². The van der Waals surface area contributed by atoms with Crippen LogP contribution in [0.5, 0.6) is 5.88 Å². The summed E-state index contributed by atoms with van der Waals surface area (Å²) in [5, 5.41) is 8.94. The van der Waals surface area contributed by atoms with Gasteiger partial charge in [-0.3, -0.25) is 4.79 Å². The number of ether oxygens (including phenoxy) is 1. The first-order valence-corrected chi connectivity index (χ1v) is 11.1. The molecule has 0 bridgehead atoms. The summed E-state index contributed by atoms with van der Waals surface area (Å²) in [5.74, 6) is 0.325. The minimum Gasteiger partial charge on any atom is -0.468 e. The number of carbonyl (C=O) groups excluding carboxylic acids is 1. The van der Waals surface area contributed by atoms with Crippen LogP contribution in [0.3, 0.4) is 0 Å². The summed E-state index contributed by atoms with van der Waals surface area (Å²) in [6.45, 7) is 1.98. The van der Waals surface area contributed by atoms with Crippen molar-refractivity contribution in [1.82, 2.24) is 20.1 Å². The second-order valence-electron chi connectivity index (χ2n) is 8.28. The van der Waals surface area contributed by atoms with Gasteiger partial charge in [0.1, 0.15) is 5.69 Å². The molecular weight excluding hydrogens is 400 g/mol. The van der Waals surface area contributed by atoms with Gasteiger partial charge in [0, 0.05) is 17.7 Å². The molecule has 32 heavy (non-hydrogen) atoms. The molecule has 1 aliphatic rings. The Morgan fingerprint density at radius 2 is 1.75 bits per heavy atom. The van der Waals surface area contributed by atoms with E-state index in [1.165, 1.54) is 12.8 Å². The van der Waals surface area contributed by atoms with E-state index in [4.69, 9.17) is 14.8 Å². The molecule has 6 nitrogen and oxygen atoms in total. The van der Waals surface area contributed by atoms with Gasteiger partial charge in [0.25, 0.3) is 5.91 Å². The van der Waals surface area contributed by atoms with Gasteiger partial charge in [0.2, 0.25) is 5.88 Å². The molecule has 0 radical (unpaired) electrons. The number of pyridine rings is 1. The number of hydrogen-bond acceptors (Lipinski definition) is 4. The topological polar surface area (TPSA) is 69.0 Å². The Balaban J connectivity index is 1.51. The SMILES string of the molecule is Cc1cc(OCC(=O)NC2CCCC2)nc2c1c(-c1ccccc1)nn2-c1ccccc1. The predicted octanol–water partition coefficient (Wildman–Crippen LogP) is 4.83. The van der Waals surface area contributed by atoms with E-state index in [1.54, 1.807) is 0 Å². The van der Waals surface area contributed by atoms with Crippen molar-refractivity contribution >= 4 is 16.9 Å². The van der Waals surface area contributed by atoms with Crippen molar-refractivity contribution in [2.75, 3.05) is 6.61 Å². The molecular formula is C26H26N4O2. The largest absolute Gasteiger partial charge is 0.468 e. The maximum absolute atomic E-state index is 12.3. The van der Waals surface area contributed by atoms with E-state index in [-0.39, 0.29) is 18.6 Å². The van der Waals surface area contributed by atoms with Crippen molar-refractivity contribution in [3.05, 3.63) is 72.3 Å². The number of aryl methyl sites for hydroxylation is 1. The van der Waals surface area contributed by atoms with Gasteiger partial charge in [-0.15, -0.1) is 0 Å². The van der Waals surface area contributed by atoms with Crippen LogP contribution >= 0.6 is 0 Å². The second-order valence-corrected chi connectivity index (χ2v) is 8.28. The standard InChI is InChI=1S/C26H26N4O2/c1-18-16-23(32-17-22(31)27-20-12-8-9-13-20)28-26-24(18)25(19-10-4-2-5-11-19)29-30(26)21-14-6-3-7-15-21/h2-7,10-11,14-16,20H,8-9,12-13,17H2,1H3,(H,27,31). The van der Waals surface area contributed by atoms with Crippen LogP contribution in [-0.4, -0.2) is 33.3 Å². The maximum Gasteiger partial charge on any atom is 0.258 e. The van der Waals surface area contributed by atoms with E-state index in [9.17, 15) is 4.79 Å². The first-order chi connectivity index (χ1) is 15.7. The van der Waals surface area contributed by atoms with Crippen LogP contribution in [0.25, 0.3) is 28.0 Å². The van der Waals surface area contributed by atoms with E-state index in [0.717, 1.165) is 40.7 Å². The molecule has 1 saturated carbocycles. The lowest BCUT2D eigenvalue weighted by atomic mass is 10.1. The van der Waals surface area contributed by atoms with Gasteiger partial charge in [-0.05, 0) is 37.5 Å². The second kappa shape index (κ2) is 8.83. The van der Waals surface area contributed by atoms with Crippen molar-refractivity contribution in [2.24, 2.45) is 0 Å². The fraction of sp³-hybridized carbons (Fsp3) is 0.269. The van der Waals surface area contributed by atoms with Gasteiger partial charge in [0.15, 0.2) is 12.3 Å². The molecule has 5 rings (SSSR count). The fourth-order valence-electron chi connectivity index (χ4n) is 4.37. The molecule has 162 valence electrons. The summed E-state index contributed by atoms with van der Waals surface area (Å²) >= 11 is 0. The smallest absolute Gasteiger partial charge is 0.258 e. The Morgan fingerprint density at radius 3 is 2.47 bits per heavy atom. The number of nitrogens with zero attached hydrogens (tertiary/aromatic N) is 3. The number of amides is 1. The highest BCUT2D eigenvalue weighted by atomic mass is 16.5. The Labute approximate surface area is 187 Å². The molecule has 1 aliphatic carbocycles. The highest BCUT2D eigenvalue weighted by Crippen LogP contribution is 2.33. The Kier molecular flexibility index (Phi) is 5.58. The molecule has 1 N–H and O–H groups in total. The molecule has 0 aliphatic heterocycles. The van der Waals surface area contributed by atoms with E-state index in [2.05, 4.69) is 5.32 Å². The predicted molar refractivity (Wildman–Crippen MR) is 125 cm³/mol. The summed E-state index contributed by atoms with van der Waals surface area (Å²) in [4.78, 5) is 17.1. The van der Waals surface area contributed by atoms with Crippen molar-refractivity contribution in [3.63, 3.8) is 0 Å². The number of nitrogens with one attached hydrogen (secondary N) is 1. The molecule has 0 spiro atoms. The van der Waals surface area contributed by atoms with Gasteiger partial charge in [0.05, 0.1) is 11.1 Å². The number of carbonyl (C=O) groups is 1. The number of rotatable bonds is 6. The third-order valence-corrected chi connectivity index (χ3v) is 5.93. The lowest BCUT2D eigenvalue weighted by Gasteiger charge is -2.12. The summed E-state index contributed by atoms with van der Waals surface area (Å²) in [6, 6.07) is 22.2. The van der Waals surface area contributed by atoms with E-state index in [0.29, 0.717) is 11.5 Å². The molecule has 6 heteroatoms. The number of aromatic nitrogens is 3. The first-order valence-electron chi connectivity index (χ1n) is 11.1. The zero-order chi connectivity index (χ0) is 21.9. The minimum atomic E-state index is -0.0991. The number of para-hydroxylation sites is 1. The van der Waals surface area contributed by atoms with Crippen LogP contribution in [-0.2, 0) is 4.79 Å². The number of hydrogen-bond donors (Lipinski definition) is 1. The van der Waals surface area contributed by atoms with Gasteiger partial charge in [-0.2, -0.15) is 10.1 Å². The zero-order valence-electron chi connectivity index (χ0n) is 18.1. The zero-order valence-corrected chi connectivity index (χ0v) is 18.1. The molecule has 0 saturated heterocycles. The number of fused-ring (bicyclic) bond motifs is 1. The molecule has 1 amide bonds. The lowest BCUT2D eigenvalue weighted by molar-refractivity contribution is -0.123.